The van der Waals surface area contributed by atoms with Crippen LogP contribution in [0.15, 0.2) is 11.6 Å². The maximum absolute atomic E-state index is 12.2. The number of esters is 1. The fourth-order valence-electron chi connectivity index (χ4n) is 2.36. The van der Waals surface area contributed by atoms with Crippen LogP contribution in [0.25, 0.3) is 0 Å². The van der Waals surface area contributed by atoms with Gasteiger partial charge in [0, 0.05) is 6.42 Å². The molecular formula is C17H29NO3. The number of nitrogens with one attached hydrogen (secondary N) is 1. The predicted octanol–water partition coefficient (Wildman–Crippen LogP) is 3.36. The van der Waals surface area contributed by atoms with E-state index in [2.05, 4.69) is 11.4 Å². The van der Waals surface area contributed by atoms with Crippen LogP contribution in [0.4, 0.5) is 0 Å². The Hall–Kier alpha value is -1.32. The third-order valence-corrected chi connectivity index (χ3v) is 3.42. The molecule has 1 atom stereocenters. The second kappa shape index (κ2) is 7.62. The summed E-state index contributed by atoms with van der Waals surface area (Å²) in [7, 11) is 0. The Morgan fingerprint density at radius 1 is 1.29 bits per heavy atom. The van der Waals surface area contributed by atoms with Crippen molar-refractivity contribution in [2.24, 2.45) is 5.92 Å². The van der Waals surface area contributed by atoms with Crippen molar-refractivity contribution in [2.45, 2.75) is 78.4 Å². The number of allylic oxidation sites excluding steroid dienone is 1. The van der Waals surface area contributed by atoms with E-state index in [4.69, 9.17) is 4.74 Å². The van der Waals surface area contributed by atoms with Gasteiger partial charge in [-0.05, 0) is 52.4 Å². The van der Waals surface area contributed by atoms with Gasteiger partial charge in [-0.25, -0.2) is 4.79 Å². The van der Waals surface area contributed by atoms with Crippen LogP contribution in [0.1, 0.15) is 66.7 Å². The van der Waals surface area contributed by atoms with E-state index in [0.717, 1.165) is 19.3 Å². The van der Waals surface area contributed by atoms with Gasteiger partial charge in [-0.2, -0.15) is 0 Å². The Bertz CT molecular complexity index is 405. The third-order valence-electron chi connectivity index (χ3n) is 3.42. The monoisotopic (exact) mass is 295 g/mol. The van der Waals surface area contributed by atoms with Crippen molar-refractivity contribution in [3.63, 3.8) is 0 Å². The van der Waals surface area contributed by atoms with Gasteiger partial charge in [-0.15, -0.1) is 0 Å². The molecule has 1 amide bonds. The van der Waals surface area contributed by atoms with Crippen LogP contribution in [-0.2, 0) is 14.3 Å². The Kier molecular flexibility index (Phi) is 6.43. The Labute approximate surface area is 128 Å². The molecule has 0 spiro atoms. The van der Waals surface area contributed by atoms with Gasteiger partial charge in [-0.1, -0.05) is 25.5 Å². The van der Waals surface area contributed by atoms with Crippen molar-refractivity contribution in [1.82, 2.24) is 5.32 Å². The van der Waals surface area contributed by atoms with Crippen LogP contribution in [-0.4, -0.2) is 23.5 Å². The van der Waals surface area contributed by atoms with Crippen molar-refractivity contribution in [2.75, 3.05) is 0 Å². The number of carbonyl (C=O) groups is 2. The van der Waals surface area contributed by atoms with Crippen LogP contribution in [0.3, 0.4) is 0 Å². The SMILES string of the molecule is CC(C)[C@H](NC(=O)CC1=CCCCC1)C(=O)OC(C)(C)C. The molecular weight excluding hydrogens is 266 g/mol. The summed E-state index contributed by atoms with van der Waals surface area (Å²) in [5.74, 6) is -0.444. The number of amides is 1. The summed E-state index contributed by atoms with van der Waals surface area (Å²) in [6.07, 6.45) is 6.96. The van der Waals surface area contributed by atoms with Crippen molar-refractivity contribution >= 4 is 11.9 Å². The van der Waals surface area contributed by atoms with Gasteiger partial charge in [0.25, 0.3) is 0 Å². The predicted molar refractivity (Wildman–Crippen MR) is 83.8 cm³/mol. The molecule has 1 aliphatic rings. The molecule has 0 radical (unpaired) electrons. The number of carbonyl (C=O) groups excluding carboxylic acids is 2. The molecule has 0 aromatic rings. The van der Waals surface area contributed by atoms with Crippen molar-refractivity contribution in [3.05, 3.63) is 11.6 Å². The lowest BCUT2D eigenvalue weighted by molar-refractivity contribution is -0.159. The van der Waals surface area contributed by atoms with Gasteiger partial charge in [0.15, 0.2) is 0 Å². The minimum Gasteiger partial charge on any atom is -0.458 e. The molecule has 0 bridgehead atoms. The van der Waals surface area contributed by atoms with Crippen LogP contribution in [0, 0.1) is 5.92 Å². The lowest BCUT2D eigenvalue weighted by Gasteiger charge is -2.26. The van der Waals surface area contributed by atoms with E-state index in [9.17, 15) is 9.59 Å². The molecule has 1 N–H and O–H groups in total. The van der Waals surface area contributed by atoms with E-state index in [1.165, 1.54) is 12.0 Å². The molecule has 0 unspecified atom stereocenters. The van der Waals surface area contributed by atoms with E-state index in [0.29, 0.717) is 6.42 Å². The first-order chi connectivity index (χ1) is 9.69. The van der Waals surface area contributed by atoms with Gasteiger partial charge in [0.2, 0.25) is 5.91 Å². The first kappa shape index (κ1) is 17.7. The molecule has 21 heavy (non-hydrogen) atoms. The molecule has 0 aliphatic heterocycles. The van der Waals surface area contributed by atoms with Crippen LogP contribution >= 0.6 is 0 Å². The van der Waals surface area contributed by atoms with E-state index in [-0.39, 0.29) is 17.8 Å². The van der Waals surface area contributed by atoms with Gasteiger partial charge >= 0.3 is 5.97 Å². The summed E-state index contributed by atoms with van der Waals surface area (Å²) in [4.78, 5) is 24.3. The Balaban J connectivity index is 2.59. The van der Waals surface area contributed by atoms with Crippen molar-refractivity contribution < 1.29 is 14.3 Å². The van der Waals surface area contributed by atoms with Crippen molar-refractivity contribution in [3.8, 4) is 0 Å². The highest BCUT2D eigenvalue weighted by atomic mass is 16.6. The number of ether oxygens (including phenoxy) is 1. The van der Waals surface area contributed by atoms with Gasteiger partial charge in [0.1, 0.15) is 11.6 Å². The summed E-state index contributed by atoms with van der Waals surface area (Å²) in [6.45, 7) is 9.31. The van der Waals surface area contributed by atoms with Crippen LogP contribution in [0.5, 0.6) is 0 Å². The molecule has 0 heterocycles. The maximum Gasteiger partial charge on any atom is 0.329 e. The van der Waals surface area contributed by atoms with E-state index < -0.39 is 11.6 Å². The van der Waals surface area contributed by atoms with E-state index >= 15 is 0 Å². The molecule has 4 heteroatoms. The molecule has 0 saturated heterocycles. The molecule has 1 aliphatic carbocycles. The maximum atomic E-state index is 12.2. The molecule has 0 fully saturated rings. The number of hydrogen-bond donors (Lipinski definition) is 1. The standard InChI is InChI=1S/C17H29NO3/c1-12(2)15(16(20)21-17(3,4)5)18-14(19)11-13-9-7-6-8-10-13/h9,12,15H,6-8,10-11H2,1-5H3,(H,18,19)/t15-/m0/s1. The second-order valence-corrected chi connectivity index (χ2v) is 7.11. The fraction of sp³-hybridized carbons (Fsp3) is 0.765. The van der Waals surface area contributed by atoms with Crippen LogP contribution < -0.4 is 5.32 Å². The van der Waals surface area contributed by atoms with E-state index in [1.807, 2.05) is 34.6 Å². The summed E-state index contributed by atoms with van der Waals surface area (Å²) < 4.78 is 5.38. The van der Waals surface area contributed by atoms with Gasteiger partial charge in [0.05, 0.1) is 0 Å². The molecule has 0 aromatic heterocycles. The summed E-state index contributed by atoms with van der Waals surface area (Å²) in [6, 6.07) is -0.582. The molecule has 4 nitrogen and oxygen atoms in total. The topological polar surface area (TPSA) is 55.4 Å². The average Bonchev–Trinajstić information content (AvgIpc) is 2.34. The normalized spacial score (nSPS) is 17.1. The zero-order chi connectivity index (χ0) is 16.0. The smallest absolute Gasteiger partial charge is 0.329 e. The van der Waals surface area contributed by atoms with E-state index in [1.54, 1.807) is 0 Å². The van der Waals surface area contributed by atoms with Crippen molar-refractivity contribution in [1.29, 1.82) is 0 Å². The summed E-state index contributed by atoms with van der Waals surface area (Å²) in [5.41, 5.74) is 0.645. The first-order valence-electron chi connectivity index (χ1n) is 7.89. The molecule has 1 rings (SSSR count). The third kappa shape index (κ3) is 6.78. The minimum atomic E-state index is -0.582. The summed E-state index contributed by atoms with van der Waals surface area (Å²) in [5, 5.41) is 2.83. The lowest BCUT2D eigenvalue weighted by atomic mass is 9.96. The highest BCUT2D eigenvalue weighted by Gasteiger charge is 2.29. The number of rotatable bonds is 5. The molecule has 120 valence electrons. The largest absolute Gasteiger partial charge is 0.458 e. The van der Waals surface area contributed by atoms with Crippen LogP contribution in [0.2, 0.25) is 0 Å². The zero-order valence-corrected chi connectivity index (χ0v) is 14.0. The summed E-state index contributed by atoms with van der Waals surface area (Å²) >= 11 is 0. The number of hydrogen-bond acceptors (Lipinski definition) is 3. The highest BCUT2D eigenvalue weighted by Crippen LogP contribution is 2.20. The first-order valence-corrected chi connectivity index (χ1v) is 7.89. The zero-order valence-electron chi connectivity index (χ0n) is 14.0. The lowest BCUT2D eigenvalue weighted by Crippen LogP contribution is -2.47. The second-order valence-electron chi connectivity index (χ2n) is 7.11. The fourth-order valence-corrected chi connectivity index (χ4v) is 2.36. The van der Waals surface area contributed by atoms with Gasteiger partial charge < -0.3 is 10.1 Å². The molecule has 0 aromatic carbocycles. The average molecular weight is 295 g/mol. The van der Waals surface area contributed by atoms with Gasteiger partial charge in [-0.3, -0.25) is 4.79 Å². The highest BCUT2D eigenvalue weighted by molar-refractivity contribution is 5.86. The quantitative estimate of drug-likeness (QED) is 0.625. The minimum absolute atomic E-state index is 0.00383. The Morgan fingerprint density at radius 2 is 1.95 bits per heavy atom. The molecule has 0 saturated carbocycles. The Morgan fingerprint density at radius 3 is 2.43 bits per heavy atom.